The molecular formula is C33H33N3O5. The van der Waals surface area contributed by atoms with Crippen LogP contribution in [0, 0.1) is 0 Å². The van der Waals surface area contributed by atoms with Gasteiger partial charge in [-0.2, -0.15) is 0 Å². The number of aliphatic hydroxyl groups is 1. The fraction of sp³-hybridized carbons (Fsp3) is 0.242. The smallest absolute Gasteiger partial charge is 0.295 e. The molecule has 0 radical (unpaired) electrons. The van der Waals surface area contributed by atoms with Crippen LogP contribution in [-0.4, -0.2) is 44.4 Å². The van der Waals surface area contributed by atoms with Crippen molar-refractivity contribution in [1.29, 1.82) is 0 Å². The Hall–Kier alpha value is -4.85. The molecule has 1 saturated heterocycles. The van der Waals surface area contributed by atoms with Gasteiger partial charge in [0, 0.05) is 31.0 Å². The van der Waals surface area contributed by atoms with Crippen LogP contribution in [0.2, 0.25) is 0 Å². The summed E-state index contributed by atoms with van der Waals surface area (Å²) in [7, 11) is 0. The molecule has 1 amide bonds. The van der Waals surface area contributed by atoms with Crippen molar-refractivity contribution in [2.24, 2.45) is 0 Å². The van der Waals surface area contributed by atoms with E-state index >= 15 is 0 Å². The quantitative estimate of drug-likeness (QED) is 0.137. The lowest BCUT2D eigenvalue weighted by Crippen LogP contribution is -2.31. The van der Waals surface area contributed by atoms with Gasteiger partial charge >= 0.3 is 0 Å². The summed E-state index contributed by atoms with van der Waals surface area (Å²) in [5.41, 5.74) is 2.23. The Morgan fingerprint density at radius 3 is 2.46 bits per heavy atom. The molecule has 4 aromatic rings. The van der Waals surface area contributed by atoms with E-state index in [0.717, 1.165) is 12.0 Å². The number of carbonyl (C=O) groups excluding carboxylic acids is 2. The SMILES string of the molecule is CCCOc1cccc(/C(O)=C2\C(=O)C(=O)N(CCCn3ccnc3)C2c2ccc(OCc3ccccc3)cc2)c1. The van der Waals surface area contributed by atoms with Crippen molar-refractivity contribution in [3.8, 4) is 11.5 Å². The number of aromatic nitrogens is 2. The zero-order valence-corrected chi connectivity index (χ0v) is 23.0. The number of carbonyl (C=O) groups is 2. The van der Waals surface area contributed by atoms with Crippen molar-refractivity contribution in [2.75, 3.05) is 13.2 Å². The number of benzene rings is 3. The van der Waals surface area contributed by atoms with E-state index in [1.54, 1.807) is 41.7 Å². The van der Waals surface area contributed by atoms with Crippen LogP contribution in [0.15, 0.2) is 103 Å². The Kier molecular flexibility index (Phi) is 8.79. The third kappa shape index (κ3) is 6.49. The van der Waals surface area contributed by atoms with Gasteiger partial charge in [0.05, 0.1) is 24.5 Å². The molecule has 41 heavy (non-hydrogen) atoms. The number of ketones is 1. The fourth-order valence-corrected chi connectivity index (χ4v) is 4.90. The lowest BCUT2D eigenvalue weighted by molar-refractivity contribution is -0.139. The Morgan fingerprint density at radius 2 is 1.73 bits per heavy atom. The summed E-state index contributed by atoms with van der Waals surface area (Å²) >= 11 is 0. The maximum atomic E-state index is 13.4. The molecule has 8 nitrogen and oxygen atoms in total. The first-order chi connectivity index (χ1) is 20.0. The third-order valence-corrected chi connectivity index (χ3v) is 6.94. The molecule has 1 unspecified atom stereocenters. The maximum Gasteiger partial charge on any atom is 0.295 e. The second-order valence-corrected chi connectivity index (χ2v) is 9.87. The minimum absolute atomic E-state index is 0.0585. The Morgan fingerprint density at radius 1 is 0.927 bits per heavy atom. The van der Waals surface area contributed by atoms with Crippen LogP contribution >= 0.6 is 0 Å². The van der Waals surface area contributed by atoms with Crippen molar-refractivity contribution in [3.05, 3.63) is 120 Å². The first kappa shape index (κ1) is 27.7. The summed E-state index contributed by atoms with van der Waals surface area (Å²) in [6.45, 7) is 3.93. The minimum atomic E-state index is -0.749. The van der Waals surface area contributed by atoms with Crippen LogP contribution in [0.5, 0.6) is 11.5 Å². The molecule has 1 aliphatic heterocycles. The van der Waals surface area contributed by atoms with Crippen LogP contribution in [-0.2, 0) is 22.7 Å². The zero-order chi connectivity index (χ0) is 28.6. The van der Waals surface area contributed by atoms with Crippen LogP contribution in [0.4, 0.5) is 0 Å². The van der Waals surface area contributed by atoms with Crippen LogP contribution < -0.4 is 9.47 Å². The van der Waals surface area contributed by atoms with Crippen molar-refractivity contribution in [3.63, 3.8) is 0 Å². The highest BCUT2D eigenvalue weighted by atomic mass is 16.5. The molecule has 2 heterocycles. The fourth-order valence-electron chi connectivity index (χ4n) is 4.90. The molecule has 1 N–H and O–H groups in total. The van der Waals surface area contributed by atoms with Gasteiger partial charge in [0.1, 0.15) is 23.9 Å². The summed E-state index contributed by atoms with van der Waals surface area (Å²) in [6.07, 6.45) is 6.72. The van der Waals surface area contributed by atoms with Gasteiger partial charge in [-0.3, -0.25) is 9.59 Å². The monoisotopic (exact) mass is 551 g/mol. The number of ether oxygens (including phenoxy) is 2. The number of hydrogen-bond donors (Lipinski definition) is 1. The summed E-state index contributed by atoms with van der Waals surface area (Å²) in [5.74, 6) is -0.321. The normalized spacial score (nSPS) is 16.2. The summed E-state index contributed by atoms with van der Waals surface area (Å²) in [5, 5.41) is 11.4. The molecule has 0 spiro atoms. The van der Waals surface area contributed by atoms with E-state index in [-0.39, 0.29) is 11.3 Å². The van der Waals surface area contributed by atoms with Gasteiger partial charge in [-0.25, -0.2) is 4.98 Å². The lowest BCUT2D eigenvalue weighted by Gasteiger charge is -2.25. The zero-order valence-electron chi connectivity index (χ0n) is 23.0. The molecule has 5 rings (SSSR count). The number of aryl methyl sites for hydroxylation is 1. The maximum absolute atomic E-state index is 13.4. The van der Waals surface area contributed by atoms with E-state index in [4.69, 9.17) is 9.47 Å². The number of rotatable bonds is 12. The van der Waals surface area contributed by atoms with E-state index in [0.29, 0.717) is 55.4 Å². The molecule has 8 heteroatoms. The molecule has 1 fully saturated rings. The standard InChI is InChI=1S/C33H33N3O5/c1-2-20-40-28-11-6-10-26(21-28)31(37)29-30(36(33(39)32(29)38)18-7-17-35-19-16-34-23-35)25-12-14-27(15-13-25)41-22-24-8-4-3-5-9-24/h3-6,8-16,19,21,23,30,37H,2,7,17-18,20,22H2,1H3/b31-29+. The average molecular weight is 552 g/mol. The van der Waals surface area contributed by atoms with Crippen molar-refractivity contribution >= 4 is 17.4 Å². The minimum Gasteiger partial charge on any atom is -0.507 e. The highest BCUT2D eigenvalue weighted by Crippen LogP contribution is 2.40. The molecule has 1 aromatic heterocycles. The van der Waals surface area contributed by atoms with E-state index in [1.165, 1.54) is 0 Å². The predicted molar refractivity (Wildman–Crippen MR) is 155 cm³/mol. The first-order valence-corrected chi connectivity index (χ1v) is 13.8. The molecule has 3 aromatic carbocycles. The summed E-state index contributed by atoms with van der Waals surface area (Å²) in [4.78, 5) is 32.3. The van der Waals surface area contributed by atoms with E-state index in [2.05, 4.69) is 4.98 Å². The molecule has 1 aliphatic rings. The molecular weight excluding hydrogens is 518 g/mol. The number of Topliss-reactive ketones (excluding diaryl/α,β-unsaturated/α-hetero) is 1. The number of imidazole rings is 1. The van der Waals surface area contributed by atoms with E-state index in [1.807, 2.05) is 72.3 Å². The number of aliphatic hydroxyl groups excluding tert-OH is 1. The number of likely N-dealkylation sites (tertiary alicyclic amines) is 1. The second kappa shape index (κ2) is 13.0. The highest BCUT2D eigenvalue weighted by Gasteiger charge is 2.45. The number of nitrogens with zero attached hydrogens (tertiary/aromatic N) is 3. The second-order valence-electron chi connectivity index (χ2n) is 9.87. The number of hydrogen-bond acceptors (Lipinski definition) is 6. The van der Waals surface area contributed by atoms with Gasteiger partial charge in [-0.05, 0) is 48.2 Å². The largest absolute Gasteiger partial charge is 0.507 e. The first-order valence-electron chi connectivity index (χ1n) is 13.8. The van der Waals surface area contributed by atoms with Crippen LogP contribution in [0.1, 0.15) is 42.5 Å². The number of amides is 1. The highest BCUT2D eigenvalue weighted by molar-refractivity contribution is 6.46. The Labute approximate surface area is 239 Å². The lowest BCUT2D eigenvalue weighted by atomic mass is 9.95. The van der Waals surface area contributed by atoms with E-state index in [9.17, 15) is 14.7 Å². The average Bonchev–Trinajstić information content (AvgIpc) is 3.62. The van der Waals surface area contributed by atoms with Crippen molar-refractivity contribution in [1.82, 2.24) is 14.5 Å². The van der Waals surface area contributed by atoms with Gasteiger partial charge in [-0.15, -0.1) is 0 Å². The third-order valence-electron chi connectivity index (χ3n) is 6.94. The molecule has 0 saturated carbocycles. The summed E-state index contributed by atoms with van der Waals surface area (Å²) < 4.78 is 13.6. The van der Waals surface area contributed by atoms with Gasteiger partial charge in [0.2, 0.25) is 0 Å². The Bertz CT molecular complexity index is 1500. The van der Waals surface area contributed by atoms with Gasteiger partial charge in [0.15, 0.2) is 0 Å². The molecule has 0 aliphatic carbocycles. The van der Waals surface area contributed by atoms with E-state index < -0.39 is 17.7 Å². The molecule has 210 valence electrons. The van der Waals surface area contributed by atoms with Crippen molar-refractivity contribution < 1.29 is 24.2 Å². The molecule has 0 bridgehead atoms. The summed E-state index contributed by atoms with van der Waals surface area (Å²) in [6, 6.07) is 23.4. The van der Waals surface area contributed by atoms with Gasteiger partial charge in [0.25, 0.3) is 11.7 Å². The van der Waals surface area contributed by atoms with Crippen molar-refractivity contribution in [2.45, 2.75) is 39.0 Å². The van der Waals surface area contributed by atoms with Crippen LogP contribution in [0.25, 0.3) is 5.76 Å². The predicted octanol–water partition coefficient (Wildman–Crippen LogP) is 5.76. The van der Waals surface area contributed by atoms with Gasteiger partial charge < -0.3 is 24.0 Å². The molecule has 1 atom stereocenters. The Balaban J connectivity index is 1.45. The van der Waals surface area contributed by atoms with Crippen LogP contribution in [0.3, 0.4) is 0 Å². The van der Waals surface area contributed by atoms with Gasteiger partial charge in [-0.1, -0.05) is 61.5 Å². The topological polar surface area (TPSA) is 93.9 Å².